The average Bonchev–Trinajstić information content (AvgIpc) is 1.80. The fourth-order valence-corrected chi connectivity index (χ4v) is 1.28. The molecule has 1 nitrogen and oxygen atoms in total. The second kappa shape index (κ2) is 2.56. The highest BCUT2D eigenvalue weighted by Crippen LogP contribution is 2.19. The second-order valence-electron chi connectivity index (χ2n) is 1.95. The fraction of sp³-hybridized carbons (Fsp3) is 0.143. The lowest BCUT2D eigenvalue weighted by molar-refractivity contribution is 0.471. The van der Waals surface area contributed by atoms with Gasteiger partial charge in [0.2, 0.25) is 0 Å². The number of phenolic OH excluding ortho intramolecular Hbond substituents is 1. The van der Waals surface area contributed by atoms with Gasteiger partial charge < -0.3 is 5.11 Å². The van der Waals surface area contributed by atoms with E-state index in [0.717, 1.165) is 3.57 Å². The van der Waals surface area contributed by atoms with E-state index in [1.807, 2.05) is 19.1 Å². The first kappa shape index (κ1) is 6.86. The third-order valence-electron chi connectivity index (χ3n) is 1.10. The van der Waals surface area contributed by atoms with Gasteiger partial charge in [0.1, 0.15) is 5.75 Å². The molecule has 0 aromatic heterocycles. The van der Waals surface area contributed by atoms with Crippen LogP contribution in [0.25, 0.3) is 0 Å². The van der Waals surface area contributed by atoms with Gasteiger partial charge in [0.15, 0.2) is 0 Å². The van der Waals surface area contributed by atoms with E-state index >= 15 is 0 Å². The Morgan fingerprint density at radius 1 is 1.44 bits per heavy atom. The van der Waals surface area contributed by atoms with Crippen molar-refractivity contribution in [3.05, 3.63) is 27.3 Å². The number of phenols is 1. The van der Waals surface area contributed by atoms with Crippen molar-refractivity contribution in [3.8, 4) is 5.75 Å². The fourth-order valence-electron chi connectivity index (χ4n) is 0.612. The Morgan fingerprint density at radius 3 is 2.56 bits per heavy atom. The first-order chi connectivity index (χ1) is 4.20. The zero-order valence-corrected chi connectivity index (χ0v) is 7.21. The summed E-state index contributed by atoms with van der Waals surface area (Å²) in [5.41, 5.74) is 1.18. The highest BCUT2D eigenvalue weighted by Gasteiger charge is 1.93. The number of hydrogen-bond acceptors (Lipinski definition) is 1. The topological polar surface area (TPSA) is 20.2 Å². The summed E-state index contributed by atoms with van der Waals surface area (Å²) in [6.45, 7) is 2.00. The Labute approximate surface area is 67.9 Å². The summed E-state index contributed by atoms with van der Waals surface area (Å²) in [6, 6.07) is 5.53. The molecule has 48 valence electrons. The summed E-state index contributed by atoms with van der Waals surface area (Å²) in [7, 11) is 0. The molecule has 0 bridgehead atoms. The molecule has 0 aliphatic heterocycles. The average molecular weight is 234 g/mol. The van der Waals surface area contributed by atoms with Gasteiger partial charge in [-0.2, -0.15) is 0 Å². The Kier molecular flexibility index (Phi) is 1.95. The van der Waals surface area contributed by atoms with E-state index in [0.29, 0.717) is 5.75 Å². The van der Waals surface area contributed by atoms with Crippen molar-refractivity contribution in [1.82, 2.24) is 0 Å². The van der Waals surface area contributed by atoms with E-state index in [1.165, 1.54) is 5.56 Å². The van der Waals surface area contributed by atoms with Gasteiger partial charge in [0, 0.05) is 0 Å². The van der Waals surface area contributed by atoms with Gasteiger partial charge in [-0.15, -0.1) is 0 Å². The van der Waals surface area contributed by atoms with Crippen LogP contribution in [0.15, 0.2) is 18.2 Å². The maximum absolute atomic E-state index is 9.04. The van der Waals surface area contributed by atoms with Crippen LogP contribution < -0.4 is 0 Å². The molecule has 2 heteroatoms. The third-order valence-corrected chi connectivity index (χ3v) is 1.97. The summed E-state index contributed by atoms with van der Waals surface area (Å²) in [5, 5.41) is 9.04. The standard InChI is InChI=1S/C7H7IO/c1-5-2-3-7(9)6(8)4-5/h2-4,9H,1H3. The number of aryl methyl sites for hydroxylation is 1. The molecule has 0 unspecified atom stereocenters. The van der Waals surface area contributed by atoms with Gasteiger partial charge in [-0.1, -0.05) is 6.07 Å². The first-order valence-corrected chi connectivity index (χ1v) is 3.73. The summed E-state index contributed by atoms with van der Waals surface area (Å²) in [4.78, 5) is 0. The summed E-state index contributed by atoms with van der Waals surface area (Å²) in [5.74, 6) is 0.362. The van der Waals surface area contributed by atoms with E-state index in [4.69, 9.17) is 5.11 Å². The lowest BCUT2D eigenvalue weighted by Gasteiger charge is -1.95. The van der Waals surface area contributed by atoms with Crippen molar-refractivity contribution in [2.24, 2.45) is 0 Å². The summed E-state index contributed by atoms with van der Waals surface area (Å²) >= 11 is 2.10. The zero-order valence-electron chi connectivity index (χ0n) is 5.06. The molecular formula is C7H7IO. The molecule has 0 spiro atoms. The minimum atomic E-state index is 0.362. The Hall–Kier alpha value is -0.250. The molecule has 0 radical (unpaired) electrons. The maximum atomic E-state index is 9.04. The number of benzene rings is 1. The van der Waals surface area contributed by atoms with Gasteiger partial charge >= 0.3 is 0 Å². The van der Waals surface area contributed by atoms with Crippen molar-refractivity contribution in [1.29, 1.82) is 0 Å². The quantitative estimate of drug-likeness (QED) is 0.683. The first-order valence-electron chi connectivity index (χ1n) is 2.65. The normalized spacial score (nSPS) is 9.56. The van der Waals surface area contributed by atoms with Crippen molar-refractivity contribution in [2.75, 3.05) is 0 Å². The van der Waals surface area contributed by atoms with Gasteiger partial charge in [-0.05, 0) is 47.2 Å². The summed E-state index contributed by atoms with van der Waals surface area (Å²) < 4.78 is 0.910. The molecule has 0 heterocycles. The van der Waals surface area contributed by atoms with Crippen molar-refractivity contribution < 1.29 is 5.11 Å². The number of halogens is 1. The molecule has 1 rings (SSSR count). The van der Waals surface area contributed by atoms with E-state index < -0.39 is 0 Å². The van der Waals surface area contributed by atoms with Gasteiger partial charge in [0.05, 0.1) is 3.57 Å². The van der Waals surface area contributed by atoms with Crippen molar-refractivity contribution >= 4 is 22.6 Å². The van der Waals surface area contributed by atoms with Crippen LogP contribution in [0.1, 0.15) is 5.56 Å². The van der Waals surface area contributed by atoms with Crippen LogP contribution in [0.3, 0.4) is 0 Å². The Bertz CT molecular complexity index is 220. The predicted octanol–water partition coefficient (Wildman–Crippen LogP) is 2.31. The SMILES string of the molecule is Cc1ccc(O)c(I)c1. The summed E-state index contributed by atoms with van der Waals surface area (Å²) in [6.07, 6.45) is 0. The number of rotatable bonds is 0. The van der Waals surface area contributed by atoms with Gasteiger partial charge in [0.25, 0.3) is 0 Å². The van der Waals surface area contributed by atoms with E-state index in [-0.39, 0.29) is 0 Å². The van der Waals surface area contributed by atoms with Crippen molar-refractivity contribution in [3.63, 3.8) is 0 Å². The van der Waals surface area contributed by atoms with Crippen molar-refractivity contribution in [2.45, 2.75) is 6.92 Å². The van der Waals surface area contributed by atoms with Gasteiger partial charge in [-0.3, -0.25) is 0 Å². The largest absolute Gasteiger partial charge is 0.507 e. The van der Waals surface area contributed by atoms with Crippen LogP contribution in [-0.4, -0.2) is 5.11 Å². The highest BCUT2D eigenvalue weighted by molar-refractivity contribution is 14.1. The molecule has 0 aliphatic carbocycles. The molecule has 0 saturated heterocycles. The minimum Gasteiger partial charge on any atom is -0.507 e. The lowest BCUT2D eigenvalue weighted by atomic mass is 10.2. The second-order valence-corrected chi connectivity index (χ2v) is 3.12. The zero-order chi connectivity index (χ0) is 6.85. The maximum Gasteiger partial charge on any atom is 0.128 e. The van der Waals surface area contributed by atoms with Crippen LogP contribution in [0.2, 0.25) is 0 Å². The molecule has 0 saturated carbocycles. The third kappa shape index (κ3) is 1.58. The smallest absolute Gasteiger partial charge is 0.128 e. The highest BCUT2D eigenvalue weighted by atomic mass is 127. The molecule has 0 aliphatic rings. The Balaban J connectivity index is 3.17. The minimum absolute atomic E-state index is 0.362. The van der Waals surface area contributed by atoms with Crippen LogP contribution in [0.5, 0.6) is 5.75 Å². The van der Waals surface area contributed by atoms with Gasteiger partial charge in [-0.25, -0.2) is 0 Å². The van der Waals surface area contributed by atoms with Crippen LogP contribution in [0.4, 0.5) is 0 Å². The molecule has 0 fully saturated rings. The lowest BCUT2D eigenvalue weighted by Crippen LogP contribution is -1.74. The van der Waals surface area contributed by atoms with Crippen LogP contribution in [0, 0.1) is 10.5 Å². The molecule has 1 N–H and O–H groups in total. The van der Waals surface area contributed by atoms with E-state index in [9.17, 15) is 0 Å². The van der Waals surface area contributed by atoms with Crippen LogP contribution >= 0.6 is 22.6 Å². The number of aromatic hydroxyl groups is 1. The van der Waals surface area contributed by atoms with E-state index in [1.54, 1.807) is 6.07 Å². The monoisotopic (exact) mass is 234 g/mol. The molecule has 0 atom stereocenters. The van der Waals surface area contributed by atoms with Crippen LogP contribution in [-0.2, 0) is 0 Å². The Morgan fingerprint density at radius 2 is 2.11 bits per heavy atom. The molecular weight excluding hydrogens is 227 g/mol. The molecule has 0 amide bonds. The molecule has 9 heavy (non-hydrogen) atoms. The predicted molar refractivity (Wildman–Crippen MR) is 45.6 cm³/mol. The number of hydrogen-bond donors (Lipinski definition) is 1. The molecule has 1 aromatic rings. The molecule has 1 aromatic carbocycles. The van der Waals surface area contributed by atoms with E-state index in [2.05, 4.69) is 22.6 Å².